The number of hydrogen-bond acceptors (Lipinski definition) is 3. The zero-order valence-corrected chi connectivity index (χ0v) is 21.5. The van der Waals surface area contributed by atoms with E-state index in [2.05, 4.69) is 48.5 Å². The van der Waals surface area contributed by atoms with E-state index in [0.29, 0.717) is 0 Å². The van der Waals surface area contributed by atoms with Crippen LogP contribution < -0.4 is 18.0 Å². The molecule has 0 fully saturated rings. The van der Waals surface area contributed by atoms with Crippen LogP contribution in [0.1, 0.15) is 5.56 Å². The predicted octanol–water partition coefficient (Wildman–Crippen LogP) is 3.67. The van der Waals surface area contributed by atoms with Gasteiger partial charge >= 0.3 is 198 Å². The SMILES string of the molecule is Cc1ccc(S(=O)(=O)N=[As]2(c3ccc(N(C)C)cc3)c3ccccc3-c3ccccc32)cc1. The van der Waals surface area contributed by atoms with Gasteiger partial charge in [-0.25, -0.2) is 0 Å². The Morgan fingerprint density at radius 1 is 0.697 bits per heavy atom. The van der Waals surface area contributed by atoms with Crippen LogP contribution in [0.2, 0.25) is 0 Å². The first-order valence-corrected chi connectivity index (χ1v) is 15.9. The van der Waals surface area contributed by atoms with Crippen molar-refractivity contribution in [3.05, 3.63) is 103 Å². The van der Waals surface area contributed by atoms with E-state index in [9.17, 15) is 8.42 Å². The summed E-state index contributed by atoms with van der Waals surface area (Å²) in [4.78, 5) is 2.28. The van der Waals surface area contributed by atoms with E-state index in [4.69, 9.17) is 3.27 Å². The Bertz CT molecular complexity index is 1460. The number of rotatable bonds is 4. The Morgan fingerprint density at radius 2 is 1.21 bits per heavy atom. The average Bonchev–Trinajstić information content (AvgIpc) is 3.10. The van der Waals surface area contributed by atoms with E-state index >= 15 is 0 Å². The van der Waals surface area contributed by atoms with Gasteiger partial charge in [-0.3, -0.25) is 0 Å². The molecule has 0 radical (unpaired) electrons. The van der Waals surface area contributed by atoms with E-state index in [1.165, 1.54) is 0 Å². The number of sulfonamides is 1. The van der Waals surface area contributed by atoms with Crippen LogP contribution in [-0.4, -0.2) is 35.9 Å². The number of fused-ring (bicyclic) bond motifs is 3. The molecule has 4 nitrogen and oxygen atoms in total. The first-order valence-electron chi connectivity index (χ1n) is 10.8. The monoisotopic (exact) mass is 516 g/mol. The number of nitrogens with zero attached hydrogens (tertiary/aromatic N) is 2. The van der Waals surface area contributed by atoms with E-state index in [1.54, 1.807) is 12.1 Å². The fourth-order valence-electron chi connectivity index (χ4n) is 4.40. The molecule has 33 heavy (non-hydrogen) atoms. The van der Waals surface area contributed by atoms with Crippen molar-refractivity contribution in [2.24, 2.45) is 3.27 Å². The predicted molar refractivity (Wildman–Crippen MR) is 138 cm³/mol. The van der Waals surface area contributed by atoms with Gasteiger partial charge in [0.15, 0.2) is 0 Å². The molecule has 0 atom stereocenters. The van der Waals surface area contributed by atoms with Crippen LogP contribution in [0.5, 0.6) is 0 Å². The summed E-state index contributed by atoms with van der Waals surface area (Å²) in [5.74, 6) is 0. The third-order valence-corrected chi connectivity index (χ3v) is 17.1. The molecule has 0 aromatic heterocycles. The van der Waals surface area contributed by atoms with Gasteiger partial charge in [0.1, 0.15) is 0 Å². The summed E-state index contributed by atoms with van der Waals surface area (Å²) in [6, 6.07) is 31.5. The molecule has 1 aliphatic heterocycles. The van der Waals surface area contributed by atoms with Gasteiger partial charge in [-0.15, -0.1) is 0 Å². The van der Waals surface area contributed by atoms with Crippen LogP contribution in [-0.2, 0) is 10.0 Å². The van der Waals surface area contributed by atoms with Gasteiger partial charge in [-0.2, -0.15) is 0 Å². The van der Waals surface area contributed by atoms with Gasteiger partial charge in [0.05, 0.1) is 0 Å². The summed E-state index contributed by atoms with van der Waals surface area (Å²) in [7, 11) is 0.107. The average molecular weight is 516 g/mol. The van der Waals surface area contributed by atoms with Crippen molar-refractivity contribution in [3.8, 4) is 11.1 Å². The fourth-order valence-corrected chi connectivity index (χ4v) is 16.4. The van der Waals surface area contributed by atoms with Gasteiger partial charge in [-0.1, -0.05) is 0 Å². The van der Waals surface area contributed by atoms with Gasteiger partial charge in [0, 0.05) is 0 Å². The zero-order chi connectivity index (χ0) is 23.2. The molecule has 5 rings (SSSR count). The number of anilines is 1. The van der Waals surface area contributed by atoms with E-state index in [0.717, 1.165) is 35.4 Å². The van der Waals surface area contributed by atoms with Crippen molar-refractivity contribution in [1.29, 1.82) is 0 Å². The van der Waals surface area contributed by atoms with Crippen LogP contribution in [0, 0.1) is 6.92 Å². The van der Waals surface area contributed by atoms with Crippen LogP contribution in [0.15, 0.2) is 105 Å². The Balaban J connectivity index is 1.89. The molecule has 0 amide bonds. The van der Waals surface area contributed by atoms with Crippen LogP contribution >= 0.6 is 0 Å². The van der Waals surface area contributed by atoms with Crippen molar-refractivity contribution >= 4 is 42.1 Å². The first-order chi connectivity index (χ1) is 15.8. The van der Waals surface area contributed by atoms with Gasteiger partial charge in [-0.05, 0) is 0 Å². The molecule has 0 bridgehead atoms. The third-order valence-electron chi connectivity index (χ3n) is 6.08. The first kappa shape index (κ1) is 21.8. The molecular weight excluding hydrogens is 491 g/mol. The second-order valence-corrected chi connectivity index (χ2v) is 16.8. The molecule has 0 spiro atoms. The second kappa shape index (κ2) is 8.09. The van der Waals surface area contributed by atoms with Gasteiger partial charge < -0.3 is 0 Å². The van der Waals surface area contributed by atoms with Crippen molar-refractivity contribution in [2.45, 2.75) is 11.8 Å². The van der Waals surface area contributed by atoms with Crippen LogP contribution in [0.25, 0.3) is 11.1 Å². The molecular formula is C27H25AsN2O2S. The number of hydrogen-bond donors (Lipinski definition) is 0. The van der Waals surface area contributed by atoms with E-state index in [-0.39, 0.29) is 4.90 Å². The quantitative estimate of drug-likeness (QED) is 0.343. The Labute approximate surface area is 197 Å². The number of aryl methyl sites for hydroxylation is 1. The van der Waals surface area contributed by atoms with Crippen molar-refractivity contribution < 1.29 is 8.42 Å². The summed E-state index contributed by atoms with van der Waals surface area (Å²) in [5, 5.41) is 0. The summed E-state index contributed by atoms with van der Waals surface area (Å²) in [6.07, 6.45) is 0. The molecule has 0 aliphatic carbocycles. The van der Waals surface area contributed by atoms with Gasteiger partial charge in [0.25, 0.3) is 0 Å². The summed E-state index contributed by atoms with van der Waals surface area (Å²) in [6.45, 7) is 1.95. The van der Waals surface area contributed by atoms with E-state index < -0.39 is 23.4 Å². The normalized spacial score (nSPS) is 13.8. The summed E-state index contributed by atoms with van der Waals surface area (Å²) >= 11 is -3.71. The fraction of sp³-hybridized carbons (Fsp3) is 0.111. The Morgan fingerprint density at radius 3 is 1.73 bits per heavy atom. The molecule has 0 unspecified atom stereocenters. The maximum absolute atomic E-state index is 13.7. The molecule has 0 saturated carbocycles. The topological polar surface area (TPSA) is 49.7 Å². The molecule has 166 valence electrons. The second-order valence-electron chi connectivity index (χ2n) is 8.45. The number of benzene rings is 4. The van der Waals surface area contributed by atoms with E-state index in [1.807, 2.05) is 62.3 Å². The molecule has 4 aromatic rings. The Hall–Kier alpha value is -3.01. The van der Waals surface area contributed by atoms with Crippen molar-refractivity contribution in [2.75, 3.05) is 19.0 Å². The molecule has 1 aliphatic rings. The Kier molecular flexibility index (Phi) is 5.35. The van der Waals surface area contributed by atoms with Crippen LogP contribution in [0.4, 0.5) is 5.69 Å². The molecule has 4 aromatic carbocycles. The third kappa shape index (κ3) is 3.56. The zero-order valence-electron chi connectivity index (χ0n) is 18.8. The van der Waals surface area contributed by atoms with Crippen LogP contribution in [0.3, 0.4) is 0 Å². The van der Waals surface area contributed by atoms with Crippen molar-refractivity contribution in [1.82, 2.24) is 0 Å². The van der Waals surface area contributed by atoms with Gasteiger partial charge in [0.2, 0.25) is 0 Å². The molecule has 0 N–H and O–H groups in total. The maximum atomic E-state index is 13.7. The van der Waals surface area contributed by atoms with Crippen molar-refractivity contribution in [3.63, 3.8) is 0 Å². The molecule has 6 heteroatoms. The minimum atomic E-state index is -3.89. The molecule has 1 heterocycles. The summed E-state index contributed by atoms with van der Waals surface area (Å²) < 4.78 is 35.5. The minimum absolute atomic E-state index is 0.237. The molecule has 0 saturated heterocycles. The summed E-state index contributed by atoms with van der Waals surface area (Å²) in [5.41, 5.74) is 4.24. The standard InChI is InChI=1S/C27H25AsN2O2S/c1-20-12-18-23(19-13-20)33(31,32)29-28(21-14-16-22(17-15-21)30(2)3)26-10-6-4-8-24(26)25-9-5-7-11-27(25)28/h4-19H,1-3H3.